The van der Waals surface area contributed by atoms with E-state index >= 15 is 0 Å². The first-order chi connectivity index (χ1) is 14.4. The summed E-state index contributed by atoms with van der Waals surface area (Å²) < 4.78 is 11.3. The topological polar surface area (TPSA) is 133 Å². The molecule has 2 aromatic heterocycles. The number of aryl methyl sites for hydroxylation is 1. The molecule has 2 heterocycles. The summed E-state index contributed by atoms with van der Waals surface area (Å²) in [6.07, 6.45) is 1.56. The maximum atomic E-state index is 12.4. The number of carbonyl (C=O) groups excluding carboxylic acids is 3. The maximum Gasteiger partial charge on any atom is 0.321 e. The molecule has 10 heteroatoms. The van der Waals surface area contributed by atoms with E-state index in [-0.39, 0.29) is 24.9 Å². The molecule has 0 bridgehead atoms. The van der Waals surface area contributed by atoms with Crippen LogP contribution >= 0.6 is 0 Å². The minimum absolute atomic E-state index is 0.0728. The number of ether oxygens (including phenoxy) is 1. The number of para-hydroxylation sites is 1. The third-order valence-corrected chi connectivity index (χ3v) is 4.25. The molecule has 0 radical (unpaired) electrons. The predicted octanol–water partition coefficient (Wildman–Crippen LogP) is 1.03. The second-order valence-electron chi connectivity index (χ2n) is 6.38. The molecule has 0 aliphatic carbocycles. The van der Waals surface area contributed by atoms with Gasteiger partial charge in [-0.2, -0.15) is 0 Å². The van der Waals surface area contributed by atoms with Crippen LogP contribution in [0.4, 0.5) is 4.79 Å². The average molecular weight is 412 g/mol. The Bertz CT molecular complexity index is 1120. The Kier molecular flexibility index (Phi) is 6.58. The summed E-state index contributed by atoms with van der Waals surface area (Å²) in [5.74, 6) is -0.460. The molecule has 10 nitrogen and oxygen atoms in total. The fraction of sp³-hybridized carbons (Fsp3) is 0.250. The van der Waals surface area contributed by atoms with Crippen molar-refractivity contribution in [1.29, 1.82) is 0 Å². The zero-order chi connectivity index (χ0) is 21.5. The van der Waals surface area contributed by atoms with Crippen LogP contribution in [0, 0.1) is 0 Å². The number of fused-ring (bicyclic) bond motifs is 1. The van der Waals surface area contributed by atoms with Crippen LogP contribution in [0.3, 0.4) is 0 Å². The molecule has 0 unspecified atom stereocenters. The molecule has 0 aliphatic rings. The van der Waals surface area contributed by atoms with Gasteiger partial charge >= 0.3 is 12.0 Å². The third-order valence-electron chi connectivity index (χ3n) is 4.25. The summed E-state index contributed by atoms with van der Waals surface area (Å²) in [5, 5.41) is 4.97. The average Bonchev–Trinajstić information content (AvgIpc) is 3.26. The monoisotopic (exact) mass is 412 g/mol. The molecule has 0 atom stereocenters. The third kappa shape index (κ3) is 5.31. The van der Waals surface area contributed by atoms with E-state index < -0.39 is 24.5 Å². The molecular weight excluding hydrogens is 392 g/mol. The van der Waals surface area contributed by atoms with Crippen LogP contribution in [0.1, 0.15) is 18.0 Å². The Balaban J connectivity index is 1.44. The lowest BCUT2D eigenvalue weighted by Crippen LogP contribution is -2.41. The molecule has 0 spiro atoms. The number of carbonyl (C=O) groups is 3. The van der Waals surface area contributed by atoms with E-state index in [2.05, 4.69) is 10.3 Å². The molecule has 0 saturated heterocycles. The highest BCUT2D eigenvalue weighted by atomic mass is 16.5. The van der Waals surface area contributed by atoms with Gasteiger partial charge in [0.2, 0.25) is 0 Å². The van der Waals surface area contributed by atoms with Crippen molar-refractivity contribution in [2.45, 2.75) is 19.4 Å². The van der Waals surface area contributed by atoms with Crippen molar-refractivity contribution < 1.29 is 23.5 Å². The minimum atomic E-state index is -0.767. The van der Waals surface area contributed by atoms with Crippen molar-refractivity contribution in [2.24, 2.45) is 7.05 Å². The fourth-order valence-electron chi connectivity index (χ4n) is 2.71. The number of nitrogens with one attached hydrogen (secondary N) is 2. The predicted molar refractivity (Wildman–Crippen MR) is 105 cm³/mol. The molecule has 0 saturated carbocycles. The highest BCUT2D eigenvalue weighted by Gasteiger charge is 2.13. The minimum Gasteiger partial charge on any atom is -0.467 e. The number of aromatic nitrogens is 2. The summed E-state index contributed by atoms with van der Waals surface area (Å²) in [5.41, 5.74) is 0.341. The molecule has 0 fully saturated rings. The lowest BCUT2D eigenvalue weighted by Gasteiger charge is -2.09. The van der Waals surface area contributed by atoms with Gasteiger partial charge in [-0.1, -0.05) is 12.1 Å². The molecule has 3 amide bonds. The molecule has 1 aromatic carbocycles. The lowest BCUT2D eigenvalue weighted by atomic mass is 10.2. The van der Waals surface area contributed by atoms with E-state index in [0.717, 1.165) is 0 Å². The quantitative estimate of drug-likeness (QED) is 0.554. The lowest BCUT2D eigenvalue weighted by molar-refractivity contribution is -0.148. The number of hydrogen-bond donors (Lipinski definition) is 2. The van der Waals surface area contributed by atoms with Gasteiger partial charge in [-0.15, -0.1) is 0 Å². The van der Waals surface area contributed by atoms with Crippen LogP contribution in [0.5, 0.6) is 0 Å². The molecule has 156 valence electrons. The van der Waals surface area contributed by atoms with Crippen molar-refractivity contribution in [3.05, 3.63) is 64.6 Å². The number of rotatable bonds is 7. The van der Waals surface area contributed by atoms with Crippen LogP contribution in [0.2, 0.25) is 0 Å². The SMILES string of the molecule is Cn1c(CCC(=O)OCC(=O)NC(=O)NCc2ccco2)nc2ccccc2c1=O. The van der Waals surface area contributed by atoms with Gasteiger partial charge in [0.1, 0.15) is 11.6 Å². The van der Waals surface area contributed by atoms with E-state index in [9.17, 15) is 19.2 Å². The number of urea groups is 1. The normalized spacial score (nSPS) is 10.6. The summed E-state index contributed by atoms with van der Waals surface area (Å²) in [6, 6.07) is 9.55. The van der Waals surface area contributed by atoms with E-state index in [1.165, 1.54) is 10.8 Å². The van der Waals surface area contributed by atoms with Crippen LogP contribution in [0.15, 0.2) is 51.9 Å². The molecular formula is C20H20N4O6. The van der Waals surface area contributed by atoms with Crippen LogP contribution in [-0.2, 0) is 34.3 Å². The van der Waals surface area contributed by atoms with Gasteiger partial charge in [0.05, 0.1) is 30.1 Å². The maximum absolute atomic E-state index is 12.4. The van der Waals surface area contributed by atoms with Crippen molar-refractivity contribution in [3.8, 4) is 0 Å². The van der Waals surface area contributed by atoms with E-state index in [4.69, 9.17) is 9.15 Å². The first-order valence-electron chi connectivity index (χ1n) is 9.14. The number of nitrogens with zero attached hydrogens (tertiary/aromatic N) is 2. The number of benzene rings is 1. The number of amides is 3. The number of furan rings is 1. The van der Waals surface area contributed by atoms with Gasteiger partial charge in [-0.05, 0) is 24.3 Å². The smallest absolute Gasteiger partial charge is 0.321 e. The largest absolute Gasteiger partial charge is 0.467 e. The van der Waals surface area contributed by atoms with Gasteiger partial charge in [0.25, 0.3) is 11.5 Å². The summed E-state index contributed by atoms with van der Waals surface area (Å²) in [6.45, 7) is -0.486. The highest BCUT2D eigenvalue weighted by molar-refractivity contribution is 5.95. The molecule has 3 aromatic rings. The van der Waals surface area contributed by atoms with Crippen molar-refractivity contribution in [1.82, 2.24) is 20.2 Å². The number of imide groups is 1. The Hall–Kier alpha value is -3.95. The van der Waals surface area contributed by atoms with Gasteiger partial charge in [0, 0.05) is 13.5 Å². The highest BCUT2D eigenvalue weighted by Crippen LogP contribution is 2.08. The zero-order valence-corrected chi connectivity index (χ0v) is 16.2. The second-order valence-corrected chi connectivity index (χ2v) is 6.38. The summed E-state index contributed by atoms with van der Waals surface area (Å²) in [4.78, 5) is 52.0. The van der Waals surface area contributed by atoms with Crippen molar-refractivity contribution in [3.63, 3.8) is 0 Å². The van der Waals surface area contributed by atoms with Crippen LogP contribution in [-0.4, -0.2) is 34.1 Å². The Morgan fingerprint density at radius 1 is 1.17 bits per heavy atom. The Labute approximate surface area is 170 Å². The fourth-order valence-corrected chi connectivity index (χ4v) is 2.71. The summed E-state index contributed by atoms with van der Waals surface area (Å²) in [7, 11) is 1.58. The van der Waals surface area contributed by atoms with E-state index in [1.54, 1.807) is 43.4 Å². The second kappa shape index (κ2) is 9.50. The van der Waals surface area contributed by atoms with Gasteiger partial charge in [-0.25, -0.2) is 9.78 Å². The first kappa shape index (κ1) is 20.8. The van der Waals surface area contributed by atoms with Gasteiger partial charge < -0.3 is 14.5 Å². The standard InChI is InChI=1S/C20H20N4O6/c1-24-16(22-15-7-3-2-6-14(15)19(24)27)8-9-18(26)30-12-17(25)23-20(28)21-11-13-5-4-10-29-13/h2-7,10H,8-9,11-12H2,1H3,(H2,21,23,25,28). The van der Waals surface area contributed by atoms with Gasteiger partial charge in [-0.3, -0.25) is 24.3 Å². The van der Waals surface area contributed by atoms with Crippen LogP contribution < -0.4 is 16.2 Å². The molecule has 30 heavy (non-hydrogen) atoms. The van der Waals surface area contributed by atoms with Gasteiger partial charge in [0.15, 0.2) is 6.61 Å². The van der Waals surface area contributed by atoms with Crippen LogP contribution in [0.25, 0.3) is 10.9 Å². The molecule has 2 N–H and O–H groups in total. The van der Waals surface area contributed by atoms with E-state index in [0.29, 0.717) is 22.5 Å². The number of esters is 1. The Morgan fingerprint density at radius 2 is 1.97 bits per heavy atom. The molecule has 0 aliphatic heterocycles. The molecule has 3 rings (SSSR count). The zero-order valence-electron chi connectivity index (χ0n) is 16.2. The Morgan fingerprint density at radius 3 is 2.73 bits per heavy atom. The first-order valence-corrected chi connectivity index (χ1v) is 9.14. The van der Waals surface area contributed by atoms with Crippen molar-refractivity contribution in [2.75, 3.05) is 6.61 Å². The van der Waals surface area contributed by atoms with E-state index in [1.807, 2.05) is 5.32 Å². The number of hydrogen-bond acceptors (Lipinski definition) is 7. The van der Waals surface area contributed by atoms with Crippen molar-refractivity contribution >= 4 is 28.8 Å². The summed E-state index contributed by atoms with van der Waals surface area (Å²) >= 11 is 0.